The van der Waals surface area contributed by atoms with Gasteiger partial charge >= 0.3 is 0 Å². The minimum absolute atomic E-state index is 0.578. The minimum Gasteiger partial charge on any atom is -0.313 e. The van der Waals surface area contributed by atoms with Crippen molar-refractivity contribution >= 4 is 27.3 Å². The summed E-state index contributed by atoms with van der Waals surface area (Å²) in [4.78, 5) is 3.89. The van der Waals surface area contributed by atoms with Gasteiger partial charge in [0.05, 0.1) is 0 Å². The Kier molecular flexibility index (Phi) is 6.58. The van der Waals surface area contributed by atoms with Crippen LogP contribution in [0.3, 0.4) is 0 Å². The molecule has 1 heterocycles. The van der Waals surface area contributed by atoms with Gasteiger partial charge in [-0.3, -0.25) is 4.90 Å². The molecule has 0 fully saturated rings. The molecular weight excluding hydrogens is 284 g/mol. The molecule has 0 saturated heterocycles. The Morgan fingerprint density at radius 2 is 2.25 bits per heavy atom. The van der Waals surface area contributed by atoms with E-state index in [4.69, 9.17) is 0 Å². The summed E-state index contributed by atoms with van der Waals surface area (Å²) in [5.74, 6) is 0. The quantitative estimate of drug-likeness (QED) is 0.831. The Labute approximate surface area is 111 Å². The van der Waals surface area contributed by atoms with E-state index in [1.807, 2.05) is 11.3 Å². The Morgan fingerprint density at radius 3 is 2.75 bits per heavy atom. The molecule has 1 aromatic rings. The third-order valence-electron chi connectivity index (χ3n) is 2.43. The van der Waals surface area contributed by atoms with Crippen LogP contribution in [-0.4, -0.2) is 30.6 Å². The molecule has 0 aliphatic carbocycles. The summed E-state index contributed by atoms with van der Waals surface area (Å²) in [6.07, 6.45) is 0. The lowest BCUT2D eigenvalue weighted by atomic mass is 10.3. The van der Waals surface area contributed by atoms with E-state index in [9.17, 15) is 0 Å². The number of hydrogen-bond donors (Lipinski definition) is 1. The lowest BCUT2D eigenvalue weighted by molar-refractivity contribution is 0.278. The van der Waals surface area contributed by atoms with Crippen LogP contribution in [0, 0.1) is 0 Å². The summed E-state index contributed by atoms with van der Waals surface area (Å²) in [6, 6.07) is 2.79. The predicted molar refractivity (Wildman–Crippen MR) is 76.1 cm³/mol. The van der Waals surface area contributed by atoms with Crippen molar-refractivity contribution < 1.29 is 0 Å². The fourth-order valence-corrected chi connectivity index (χ4v) is 3.01. The van der Waals surface area contributed by atoms with Crippen LogP contribution in [-0.2, 0) is 6.54 Å². The van der Waals surface area contributed by atoms with Gasteiger partial charge in [-0.05, 0) is 28.5 Å². The van der Waals surface area contributed by atoms with Crippen LogP contribution in [0.15, 0.2) is 15.9 Å². The van der Waals surface area contributed by atoms with Gasteiger partial charge < -0.3 is 5.32 Å². The Hall–Kier alpha value is 0.1000. The molecule has 1 rings (SSSR count). The van der Waals surface area contributed by atoms with E-state index in [-0.39, 0.29) is 0 Å². The van der Waals surface area contributed by atoms with Gasteiger partial charge in [-0.2, -0.15) is 0 Å². The third-order valence-corrected chi connectivity index (χ3v) is 4.11. The van der Waals surface area contributed by atoms with Crippen LogP contribution >= 0.6 is 27.3 Å². The summed E-state index contributed by atoms with van der Waals surface area (Å²) in [7, 11) is 0. The number of likely N-dealkylation sites (N-methyl/N-ethyl adjacent to an activating group) is 1. The minimum atomic E-state index is 0.578. The first kappa shape index (κ1) is 14.2. The number of nitrogens with zero attached hydrogens (tertiary/aromatic N) is 1. The molecule has 0 aliphatic rings. The molecule has 0 aromatic carbocycles. The second-order valence-electron chi connectivity index (χ2n) is 4.21. The predicted octanol–water partition coefficient (Wildman–Crippen LogP) is 3.33. The summed E-state index contributed by atoms with van der Waals surface area (Å²) in [5, 5.41) is 5.60. The fourth-order valence-electron chi connectivity index (χ4n) is 1.52. The van der Waals surface area contributed by atoms with E-state index in [1.165, 1.54) is 9.35 Å². The molecule has 92 valence electrons. The molecule has 0 radical (unpaired) electrons. The van der Waals surface area contributed by atoms with Gasteiger partial charge in [-0.15, -0.1) is 11.3 Å². The van der Waals surface area contributed by atoms with Gasteiger partial charge in [0.15, 0.2) is 0 Å². The molecule has 0 atom stereocenters. The Morgan fingerprint density at radius 1 is 1.50 bits per heavy atom. The lowest BCUT2D eigenvalue weighted by Gasteiger charge is -2.20. The van der Waals surface area contributed by atoms with E-state index in [2.05, 4.69) is 58.4 Å². The number of nitrogens with one attached hydrogen (secondary N) is 1. The maximum absolute atomic E-state index is 3.50. The molecule has 4 heteroatoms. The first-order chi connectivity index (χ1) is 7.61. The number of rotatable bonds is 7. The van der Waals surface area contributed by atoms with Crippen molar-refractivity contribution in [1.29, 1.82) is 0 Å². The first-order valence-electron chi connectivity index (χ1n) is 5.80. The zero-order valence-electron chi connectivity index (χ0n) is 10.3. The SMILES string of the molecule is CCN(CCNC(C)C)Cc1cc(Br)cs1. The molecule has 0 amide bonds. The highest BCUT2D eigenvalue weighted by Crippen LogP contribution is 2.20. The third kappa shape index (κ3) is 5.43. The van der Waals surface area contributed by atoms with Crippen LogP contribution in [0.4, 0.5) is 0 Å². The van der Waals surface area contributed by atoms with Crippen molar-refractivity contribution in [3.05, 3.63) is 20.8 Å². The molecule has 2 nitrogen and oxygen atoms in total. The highest BCUT2D eigenvalue weighted by atomic mass is 79.9. The molecule has 0 aliphatic heterocycles. The van der Waals surface area contributed by atoms with Crippen molar-refractivity contribution in [1.82, 2.24) is 10.2 Å². The zero-order valence-corrected chi connectivity index (χ0v) is 12.7. The highest BCUT2D eigenvalue weighted by Gasteiger charge is 2.05. The van der Waals surface area contributed by atoms with E-state index in [0.29, 0.717) is 6.04 Å². The van der Waals surface area contributed by atoms with Gasteiger partial charge in [0.1, 0.15) is 0 Å². The maximum Gasteiger partial charge on any atom is 0.0328 e. The fraction of sp³-hybridized carbons (Fsp3) is 0.667. The molecule has 0 unspecified atom stereocenters. The van der Waals surface area contributed by atoms with Gasteiger partial charge in [0.25, 0.3) is 0 Å². The maximum atomic E-state index is 3.50. The molecule has 0 bridgehead atoms. The van der Waals surface area contributed by atoms with E-state index in [1.54, 1.807) is 0 Å². The van der Waals surface area contributed by atoms with E-state index in [0.717, 1.165) is 26.2 Å². The van der Waals surface area contributed by atoms with Crippen LogP contribution < -0.4 is 5.32 Å². The zero-order chi connectivity index (χ0) is 12.0. The number of halogens is 1. The van der Waals surface area contributed by atoms with Crippen molar-refractivity contribution in [2.45, 2.75) is 33.4 Å². The number of hydrogen-bond acceptors (Lipinski definition) is 3. The number of thiophene rings is 1. The van der Waals surface area contributed by atoms with Crippen molar-refractivity contribution in [2.75, 3.05) is 19.6 Å². The molecule has 1 N–H and O–H groups in total. The van der Waals surface area contributed by atoms with E-state index >= 15 is 0 Å². The monoisotopic (exact) mass is 304 g/mol. The first-order valence-corrected chi connectivity index (χ1v) is 7.47. The lowest BCUT2D eigenvalue weighted by Crippen LogP contribution is -2.34. The standard InChI is InChI=1S/C12H21BrN2S/c1-4-15(6-5-14-10(2)3)8-12-7-11(13)9-16-12/h7,9-10,14H,4-6,8H2,1-3H3. The van der Waals surface area contributed by atoms with Crippen LogP contribution in [0.25, 0.3) is 0 Å². The van der Waals surface area contributed by atoms with E-state index < -0.39 is 0 Å². The van der Waals surface area contributed by atoms with Crippen LogP contribution in [0.1, 0.15) is 25.6 Å². The molecule has 0 spiro atoms. The summed E-state index contributed by atoms with van der Waals surface area (Å²) in [6.45, 7) is 10.9. The van der Waals surface area contributed by atoms with Gasteiger partial charge in [0.2, 0.25) is 0 Å². The highest BCUT2D eigenvalue weighted by molar-refractivity contribution is 9.10. The smallest absolute Gasteiger partial charge is 0.0328 e. The summed E-state index contributed by atoms with van der Waals surface area (Å²) < 4.78 is 1.20. The van der Waals surface area contributed by atoms with Crippen molar-refractivity contribution in [2.24, 2.45) is 0 Å². The molecular formula is C12H21BrN2S. The molecule has 1 aromatic heterocycles. The van der Waals surface area contributed by atoms with Gasteiger partial charge in [-0.25, -0.2) is 0 Å². The van der Waals surface area contributed by atoms with Crippen molar-refractivity contribution in [3.63, 3.8) is 0 Å². The average Bonchev–Trinajstić information content (AvgIpc) is 2.62. The van der Waals surface area contributed by atoms with Crippen molar-refractivity contribution in [3.8, 4) is 0 Å². The molecule has 0 saturated carbocycles. The van der Waals surface area contributed by atoms with Gasteiger partial charge in [-0.1, -0.05) is 20.8 Å². The van der Waals surface area contributed by atoms with Gasteiger partial charge in [0, 0.05) is 40.4 Å². The molecule has 16 heavy (non-hydrogen) atoms. The van der Waals surface area contributed by atoms with Crippen LogP contribution in [0.2, 0.25) is 0 Å². The second kappa shape index (κ2) is 7.43. The topological polar surface area (TPSA) is 15.3 Å². The second-order valence-corrected chi connectivity index (χ2v) is 6.12. The summed E-state index contributed by atoms with van der Waals surface area (Å²) in [5.41, 5.74) is 0. The average molecular weight is 305 g/mol. The Bertz CT molecular complexity index is 299. The summed E-state index contributed by atoms with van der Waals surface area (Å²) >= 11 is 5.32. The normalized spacial score (nSPS) is 11.6. The Balaban J connectivity index is 2.31. The largest absolute Gasteiger partial charge is 0.313 e. The van der Waals surface area contributed by atoms with Crippen LogP contribution in [0.5, 0.6) is 0 Å².